The van der Waals surface area contributed by atoms with Gasteiger partial charge in [0.25, 0.3) is 5.91 Å². The van der Waals surface area contributed by atoms with Gasteiger partial charge in [0.2, 0.25) is 0 Å². The van der Waals surface area contributed by atoms with E-state index in [-0.39, 0.29) is 18.4 Å². The van der Waals surface area contributed by atoms with Crippen molar-refractivity contribution < 1.29 is 19.4 Å². The molecule has 1 fully saturated rings. The fourth-order valence-corrected chi connectivity index (χ4v) is 2.73. The van der Waals surface area contributed by atoms with Gasteiger partial charge in [0.15, 0.2) is 0 Å². The lowest BCUT2D eigenvalue weighted by Gasteiger charge is -2.18. The van der Waals surface area contributed by atoms with Crippen LogP contribution >= 0.6 is 11.6 Å². The molecule has 0 spiro atoms. The van der Waals surface area contributed by atoms with E-state index >= 15 is 0 Å². The van der Waals surface area contributed by atoms with Gasteiger partial charge in [-0.25, -0.2) is 0 Å². The van der Waals surface area contributed by atoms with E-state index in [4.69, 9.17) is 21.4 Å². The minimum absolute atomic E-state index is 0.0608. The molecule has 1 heterocycles. The molecule has 6 heteroatoms. The molecule has 1 amide bonds. The maximum atomic E-state index is 12.6. The van der Waals surface area contributed by atoms with Crippen molar-refractivity contribution in [3.05, 3.63) is 28.8 Å². The van der Waals surface area contributed by atoms with Crippen molar-refractivity contribution >= 4 is 23.5 Å². The highest BCUT2D eigenvalue weighted by atomic mass is 35.5. The van der Waals surface area contributed by atoms with Crippen molar-refractivity contribution in [3.63, 3.8) is 0 Å². The maximum Gasteiger partial charge on any atom is 0.308 e. The van der Waals surface area contributed by atoms with E-state index in [9.17, 15) is 9.59 Å². The Balaban J connectivity index is 2.23. The number of carboxylic acids is 1. The van der Waals surface area contributed by atoms with Crippen LogP contribution in [0.5, 0.6) is 5.75 Å². The Morgan fingerprint density at radius 2 is 2.14 bits per heavy atom. The molecule has 0 aromatic heterocycles. The molecule has 2 atom stereocenters. The predicted octanol–water partition coefficient (Wildman–Crippen LogP) is 2.53. The van der Waals surface area contributed by atoms with E-state index in [1.165, 1.54) is 0 Å². The Bertz CT molecular complexity index is 561. The van der Waals surface area contributed by atoms with Crippen LogP contribution < -0.4 is 4.74 Å². The summed E-state index contributed by atoms with van der Waals surface area (Å²) in [7, 11) is 0. The second kappa shape index (κ2) is 6.35. The number of hydrogen-bond donors (Lipinski definition) is 1. The first-order valence-corrected chi connectivity index (χ1v) is 7.26. The first kappa shape index (κ1) is 15.6. The summed E-state index contributed by atoms with van der Waals surface area (Å²) in [6, 6.07) is 4.85. The molecular formula is C15H18ClNO4. The highest BCUT2D eigenvalue weighted by molar-refractivity contribution is 6.30. The fourth-order valence-electron chi connectivity index (χ4n) is 2.57. The van der Waals surface area contributed by atoms with E-state index in [2.05, 4.69) is 0 Å². The lowest BCUT2D eigenvalue weighted by Crippen LogP contribution is -2.30. The van der Waals surface area contributed by atoms with E-state index < -0.39 is 11.9 Å². The lowest BCUT2D eigenvalue weighted by molar-refractivity contribution is -0.142. The largest absolute Gasteiger partial charge is 0.493 e. The van der Waals surface area contributed by atoms with Crippen LogP contribution in [0, 0.1) is 11.8 Å². The van der Waals surface area contributed by atoms with E-state index in [1.807, 2.05) is 13.8 Å². The molecule has 0 saturated carbocycles. The number of carboxylic acid groups (broad SMARTS) is 1. The fraction of sp³-hybridized carbons (Fsp3) is 0.467. The molecule has 114 valence electrons. The Labute approximate surface area is 128 Å². The molecule has 1 aliphatic heterocycles. The number of carbonyl (C=O) groups is 2. The van der Waals surface area contributed by atoms with Crippen LogP contribution in [-0.4, -0.2) is 41.6 Å². The van der Waals surface area contributed by atoms with Gasteiger partial charge < -0.3 is 14.7 Å². The molecule has 5 nitrogen and oxygen atoms in total. The van der Waals surface area contributed by atoms with Gasteiger partial charge in [0, 0.05) is 18.1 Å². The summed E-state index contributed by atoms with van der Waals surface area (Å²) < 4.78 is 5.45. The maximum absolute atomic E-state index is 12.6. The zero-order chi connectivity index (χ0) is 15.6. The molecule has 0 bridgehead atoms. The number of hydrogen-bond acceptors (Lipinski definition) is 3. The minimum Gasteiger partial charge on any atom is -0.493 e. The molecule has 0 radical (unpaired) electrons. The Morgan fingerprint density at radius 1 is 1.43 bits per heavy atom. The normalized spacial score (nSPS) is 21.4. The number of rotatable bonds is 4. The average Bonchev–Trinajstić information content (AvgIpc) is 2.81. The monoisotopic (exact) mass is 311 g/mol. The molecule has 1 aromatic carbocycles. The quantitative estimate of drug-likeness (QED) is 0.928. The number of ether oxygens (including phenoxy) is 1. The number of carbonyl (C=O) groups excluding carboxylic acids is 1. The molecule has 1 N–H and O–H groups in total. The van der Waals surface area contributed by atoms with Gasteiger partial charge in [-0.05, 0) is 31.0 Å². The third kappa shape index (κ3) is 3.29. The molecule has 2 rings (SSSR count). The van der Waals surface area contributed by atoms with Crippen LogP contribution in [0.3, 0.4) is 0 Å². The third-order valence-electron chi connectivity index (χ3n) is 3.69. The number of likely N-dealkylation sites (tertiary alicyclic amines) is 1. The number of halogens is 1. The van der Waals surface area contributed by atoms with Gasteiger partial charge in [-0.1, -0.05) is 18.5 Å². The zero-order valence-electron chi connectivity index (χ0n) is 12.0. The van der Waals surface area contributed by atoms with E-state index in [0.29, 0.717) is 29.5 Å². The summed E-state index contributed by atoms with van der Waals surface area (Å²) in [4.78, 5) is 25.3. The summed E-state index contributed by atoms with van der Waals surface area (Å²) >= 11 is 5.92. The van der Waals surface area contributed by atoms with Gasteiger partial charge >= 0.3 is 5.97 Å². The Morgan fingerprint density at radius 3 is 2.71 bits per heavy atom. The van der Waals surface area contributed by atoms with Crippen molar-refractivity contribution in [2.75, 3.05) is 19.7 Å². The smallest absolute Gasteiger partial charge is 0.308 e. The van der Waals surface area contributed by atoms with Crippen LogP contribution in [0.4, 0.5) is 0 Å². The van der Waals surface area contributed by atoms with Crippen molar-refractivity contribution in [2.45, 2.75) is 13.8 Å². The van der Waals surface area contributed by atoms with Crippen LogP contribution in [0.15, 0.2) is 18.2 Å². The van der Waals surface area contributed by atoms with Crippen molar-refractivity contribution in [1.29, 1.82) is 0 Å². The summed E-state index contributed by atoms with van der Waals surface area (Å²) in [6.45, 7) is 4.76. The highest BCUT2D eigenvalue weighted by Crippen LogP contribution is 2.29. The summed E-state index contributed by atoms with van der Waals surface area (Å²) in [6.07, 6.45) is 0. The SMILES string of the molecule is CCOc1cc(Cl)ccc1C(=O)N1C[C@@H](C)[C@H](C(=O)O)C1. The zero-order valence-corrected chi connectivity index (χ0v) is 12.8. The van der Waals surface area contributed by atoms with Crippen LogP contribution in [-0.2, 0) is 4.79 Å². The predicted molar refractivity (Wildman–Crippen MR) is 78.8 cm³/mol. The standard InChI is InChI=1S/C15H18ClNO4/c1-3-21-13-6-10(16)4-5-11(13)14(18)17-7-9(2)12(8-17)15(19)20/h4-6,9,12H,3,7-8H2,1-2H3,(H,19,20)/t9-,12-/m1/s1. The van der Waals surface area contributed by atoms with Crippen LogP contribution in [0.1, 0.15) is 24.2 Å². The Hall–Kier alpha value is -1.75. The Kier molecular flexibility index (Phi) is 4.73. The number of nitrogens with zero attached hydrogens (tertiary/aromatic N) is 1. The third-order valence-corrected chi connectivity index (χ3v) is 3.93. The lowest BCUT2D eigenvalue weighted by atomic mass is 9.99. The molecule has 0 unspecified atom stereocenters. The van der Waals surface area contributed by atoms with E-state index in [0.717, 1.165) is 0 Å². The van der Waals surface area contributed by atoms with Gasteiger partial charge in [-0.2, -0.15) is 0 Å². The molecule has 1 aliphatic rings. The second-order valence-electron chi connectivity index (χ2n) is 5.21. The molecule has 1 saturated heterocycles. The second-order valence-corrected chi connectivity index (χ2v) is 5.64. The summed E-state index contributed by atoms with van der Waals surface area (Å²) in [5, 5.41) is 9.64. The highest BCUT2D eigenvalue weighted by Gasteiger charge is 2.37. The van der Waals surface area contributed by atoms with Gasteiger partial charge in [0.1, 0.15) is 5.75 Å². The molecule has 21 heavy (non-hydrogen) atoms. The summed E-state index contributed by atoms with van der Waals surface area (Å²) in [5.41, 5.74) is 0.416. The first-order chi connectivity index (χ1) is 9.93. The van der Waals surface area contributed by atoms with Gasteiger partial charge in [0.05, 0.1) is 18.1 Å². The summed E-state index contributed by atoms with van der Waals surface area (Å²) in [5.74, 6) is -1.22. The van der Waals surface area contributed by atoms with Crippen molar-refractivity contribution in [1.82, 2.24) is 4.90 Å². The number of benzene rings is 1. The number of aliphatic carboxylic acids is 1. The first-order valence-electron chi connectivity index (χ1n) is 6.88. The number of amides is 1. The van der Waals surface area contributed by atoms with Crippen LogP contribution in [0.2, 0.25) is 5.02 Å². The minimum atomic E-state index is -0.862. The van der Waals surface area contributed by atoms with Crippen molar-refractivity contribution in [2.24, 2.45) is 11.8 Å². The van der Waals surface area contributed by atoms with Gasteiger partial charge in [-0.3, -0.25) is 9.59 Å². The van der Waals surface area contributed by atoms with Crippen molar-refractivity contribution in [3.8, 4) is 5.75 Å². The molecule has 0 aliphatic carbocycles. The molecular weight excluding hydrogens is 294 g/mol. The average molecular weight is 312 g/mol. The molecule has 1 aromatic rings. The van der Waals surface area contributed by atoms with E-state index in [1.54, 1.807) is 23.1 Å². The van der Waals surface area contributed by atoms with Crippen LogP contribution in [0.25, 0.3) is 0 Å². The van der Waals surface area contributed by atoms with Gasteiger partial charge in [-0.15, -0.1) is 0 Å². The topological polar surface area (TPSA) is 66.8 Å².